The first-order valence-electron chi connectivity index (χ1n) is 7.29. The van der Waals surface area contributed by atoms with Crippen molar-refractivity contribution in [3.63, 3.8) is 0 Å². The molecule has 24 heavy (non-hydrogen) atoms. The molecule has 0 unspecified atom stereocenters. The maximum Gasteiger partial charge on any atom is 0.269 e. The monoisotopic (exact) mass is 318 g/mol. The molecular weight excluding hydrogens is 304 g/mol. The molecule has 0 radical (unpaired) electrons. The zero-order valence-electron chi connectivity index (χ0n) is 12.7. The van der Waals surface area contributed by atoms with E-state index in [1.807, 2.05) is 54.6 Å². The van der Waals surface area contributed by atoms with E-state index in [9.17, 15) is 10.1 Å². The topological polar surface area (TPSA) is 79.9 Å². The summed E-state index contributed by atoms with van der Waals surface area (Å²) in [6.45, 7) is 0. The molecule has 3 rings (SSSR count). The van der Waals surface area contributed by atoms with E-state index in [0.717, 1.165) is 22.7 Å². The average molecular weight is 318 g/mol. The number of anilines is 2. The van der Waals surface area contributed by atoms with Gasteiger partial charge in [-0.15, -0.1) is 0 Å². The van der Waals surface area contributed by atoms with E-state index in [0.29, 0.717) is 0 Å². The molecule has 0 aliphatic carbocycles. The maximum atomic E-state index is 10.6. The standard InChI is InChI=1S/C18H14N4O2/c23-22(24)18-12-10-15(11-13-18)19-14-6-8-17(9-7-14)21-20-16-4-2-1-3-5-16/h1-13,19H/b21-20+. The third-order valence-electron chi connectivity index (χ3n) is 3.27. The first kappa shape index (κ1) is 15.4. The van der Waals surface area contributed by atoms with Crippen molar-refractivity contribution in [3.05, 3.63) is 89.0 Å². The van der Waals surface area contributed by atoms with Crippen LogP contribution in [0, 0.1) is 10.1 Å². The Hall–Kier alpha value is -3.54. The van der Waals surface area contributed by atoms with E-state index in [1.54, 1.807) is 12.1 Å². The average Bonchev–Trinajstić information content (AvgIpc) is 2.62. The van der Waals surface area contributed by atoms with Gasteiger partial charge in [-0.25, -0.2) is 0 Å². The summed E-state index contributed by atoms with van der Waals surface area (Å²) in [5.41, 5.74) is 3.25. The van der Waals surface area contributed by atoms with Crippen LogP contribution in [0.5, 0.6) is 0 Å². The van der Waals surface area contributed by atoms with Crippen LogP contribution in [0.15, 0.2) is 89.1 Å². The molecule has 0 aromatic heterocycles. The van der Waals surface area contributed by atoms with Crippen molar-refractivity contribution in [3.8, 4) is 0 Å². The van der Waals surface area contributed by atoms with Gasteiger partial charge in [-0.2, -0.15) is 10.2 Å². The molecule has 0 saturated heterocycles. The van der Waals surface area contributed by atoms with Crippen LogP contribution in [0.3, 0.4) is 0 Å². The normalized spacial score (nSPS) is 10.7. The highest BCUT2D eigenvalue weighted by atomic mass is 16.6. The Morgan fingerprint density at radius 2 is 1.21 bits per heavy atom. The van der Waals surface area contributed by atoms with E-state index in [-0.39, 0.29) is 5.69 Å². The van der Waals surface area contributed by atoms with Gasteiger partial charge < -0.3 is 5.32 Å². The third-order valence-corrected chi connectivity index (χ3v) is 3.27. The molecule has 0 amide bonds. The van der Waals surface area contributed by atoms with Gasteiger partial charge in [-0.1, -0.05) is 18.2 Å². The molecule has 6 nitrogen and oxygen atoms in total. The summed E-state index contributed by atoms with van der Waals surface area (Å²) in [6, 6.07) is 23.2. The lowest BCUT2D eigenvalue weighted by molar-refractivity contribution is -0.384. The fourth-order valence-electron chi connectivity index (χ4n) is 2.05. The van der Waals surface area contributed by atoms with Crippen LogP contribution in [-0.2, 0) is 0 Å². The highest BCUT2D eigenvalue weighted by Crippen LogP contribution is 2.23. The van der Waals surface area contributed by atoms with Gasteiger partial charge >= 0.3 is 0 Å². The number of nitro groups is 1. The molecule has 0 atom stereocenters. The zero-order valence-corrected chi connectivity index (χ0v) is 12.7. The van der Waals surface area contributed by atoms with Crippen LogP contribution in [0.25, 0.3) is 0 Å². The largest absolute Gasteiger partial charge is 0.356 e. The van der Waals surface area contributed by atoms with Crippen LogP contribution in [0.1, 0.15) is 0 Å². The van der Waals surface area contributed by atoms with Gasteiger partial charge in [0.05, 0.1) is 16.3 Å². The van der Waals surface area contributed by atoms with Crippen molar-refractivity contribution in [1.29, 1.82) is 0 Å². The molecule has 6 heteroatoms. The number of azo groups is 1. The van der Waals surface area contributed by atoms with Gasteiger partial charge in [0.1, 0.15) is 0 Å². The van der Waals surface area contributed by atoms with Crippen molar-refractivity contribution in [1.82, 2.24) is 0 Å². The number of hydrogen-bond donors (Lipinski definition) is 1. The summed E-state index contributed by atoms with van der Waals surface area (Å²) in [6.07, 6.45) is 0. The molecule has 3 aromatic carbocycles. The highest BCUT2D eigenvalue weighted by molar-refractivity contribution is 5.62. The smallest absolute Gasteiger partial charge is 0.269 e. The van der Waals surface area contributed by atoms with Gasteiger partial charge in [-0.3, -0.25) is 10.1 Å². The van der Waals surface area contributed by atoms with Crippen molar-refractivity contribution in [2.75, 3.05) is 5.32 Å². The maximum absolute atomic E-state index is 10.6. The van der Waals surface area contributed by atoms with Gasteiger partial charge in [-0.05, 0) is 48.5 Å². The molecule has 0 aliphatic heterocycles. The zero-order chi connectivity index (χ0) is 16.8. The van der Waals surface area contributed by atoms with Crippen molar-refractivity contribution in [2.24, 2.45) is 10.2 Å². The molecule has 1 N–H and O–H groups in total. The Balaban J connectivity index is 1.66. The fraction of sp³-hybridized carbons (Fsp3) is 0. The summed E-state index contributed by atoms with van der Waals surface area (Å²) in [5.74, 6) is 0. The number of nitrogens with one attached hydrogen (secondary N) is 1. The molecule has 0 saturated carbocycles. The van der Waals surface area contributed by atoms with Crippen LogP contribution in [0.2, 0.25) is 0 Å². The minimum Gasteiger partial charge on any atom is -0.356 e. The number of hydrogen-bond acceptors (Lipinski definition) is 5. The number of non-ortho nitro benzene ring substituents is 1. The number of nitro benzene ring substituents is 1. The summed E-state index contributed by atoms with van der Waals surface area (Å²) in [5, 5.41) is 22.1. The second-order valence-electron chi connectivity index (χ2n) is 5.01. The van der Waals surface area contributed by atoms with E-state index in [4.69, 9.17) is 0 Å². The Labute approximate surface area is 138 Å². The lowest BCUT2D eigenvalue weighted by Crippen LogP contribution is -1.91. The Bertz CT molecular complexity index is 844. The summed E-state index contributed by atoms with van der Waals surface area (Å²) in [4.78, 5) is 10.2. The second kappa shape index (κ2) is 7.15. The van der Waals surface area contributed by atoms with Crippen LogP contribution >= 0.6 is 0 Å². The predicted molar refractivity (Wildman–Crippen MR) is 93.4 cm³/mol. The van der Waals surface area contributed by atoms with E-state index in [1.165, 1.54) is 12.1 Å². The fourth-order valence-corrected chi connectivity index (χ4v) is 2.05. The molecule has 0 spiro atoms. The van der Waals surface area contributed by atoms with Crippen molar-refractivity contribution < 1.29 is 4.92 Å². The Kier molecular flexibility index (Phi) is 4.57. The number of rotatable bonds is 5. The van der Waals surface area contributed by atoms with Gasteiger partial charge in [0.25, 0.3) is 5.69 Å². The molecule has 0 bridgehead atoms. The second-order valence-corrected chi connectivity index (χ2v) is 5.01. The minimum atomic E-state index is -0.420. The molecule has 0 aliphatic rings. The minimum absolute atomic E-state index is 0.0669. The van der Waals surface area contributed by atoms with E-state index in [2.05, 4.69) is 15.5 Å². The molecular formula is C18H14N4O2. The van der Waals surface area contributed by atoms with Crippen LogP contribution in [0.4, 0.5) is 28.4 Å². The van der Waals surface area contributed by atoms with E-state index >= 15 is 0 Å². The molecule has 118 valence electrons. The quantitative estimate of drug-likeness (QED) is 0.369. The number of nitrogens with zero attached hydrogens (tertiary/aromatic N) is 3. The van der Waals surface area contributed by atoms with Gasteiger partial charge in [0.15, 0.2) is 0 Å². The summed E-state index contributed by atoms with van der Waals surface area (Å²) < 4.78 is 0. The molecule has 0 heterocycles. The van der Waals surface area contributed by atoms with Crippen LogP contribution < -0.4 is 5.32 Å². The SMILES string of the molecule is O=[N+]([O-])c1ccc(Nc2ccc(/N=N/c3ccccc3)cc2)cc1. The van der Waals surface area contributed by atoms with Crippen LogP contribution in [-0.4, -0.2) is 4.92 Å². The van der Waals surface area contributed by atoms with Gasteiger partial charge in [0, 0.05) is 23.5 Å². The predicted octanol–water partition coefficient (Wildman–Crippen LogP) is 5.75. The van der Waals surface area contributed by atoms with Crippen molar-refractivity contribution >= 4 is 28.4 Å². The third kappa shape index (κ3) is 4.01. The first-order valence-corrected chi connectivity index (χ1v) is 7.29. The lowest BCUT2D eigenvalue weighted by Gasteiger charge is -2.06. The lowest BCUT2D eigenvalue weighted by atomic mass is 10.2. The summed E-state index contributed by atoms with van der Waals surface area (Å²) in [7, 11) is 0. The molecule has 3 aromatic rings. The number of benzene rings is 3. The van der Waals surface area contributed by atoms with Gasteiger partial charge in [0.2, 0.25) is 0 Å². The Morgan fingerprint density at radius 1 is 0.708 bits per heavy atom. The first-order chi connectivity index (χ1) is 11.7. The van der Waals surface area contributed by atoms with Crippen molar-refractivity contribution in [2.45, 2.75) is 0 Å². The Morgan fingerprint density at radius 3 is 1.75 bits per heavy atom. The summed E-state index contributed by atoms with van der Waals surface area (Å²) >= 11 is 0. The van der Waals surface area contributed by atoms with E-state index < -0.39 is 4.92 Å². The molecule has 0 fully saturated rings. The highest BCUT2D eigenvalue weighted by Gasteiger charge is 2.03.